The fraction of sp³-hybridized carbons (Fsp3) is 0.133. The minimum atomic E-state index is -0.722. The molecule has 1 atom stereocenters. The van der Waals surface area contributed by atoms with Crippen molar-refractivity contribution in [1.29, 1.82) is 0 Å². The second-order valence-corrected chi connectivity index (χ2v) is 5.65. The summed E-state index contributed by atoms with van der Waals surface area (Å²) in [5.41, 5.74) is 0.341. The van der Waals surface area contributed by atoms with E-state index in [1.807, 2.05) is 6.07 Å². The van der Waals surface area contributed by atoms with E-state index in [1.54, 1.807) is 25.1 Å². The maximum Gasteiger partial charge on any atom is 0.265 e. The van der Waals surface area contributed by atoms with Gasteiger partial charge in [0.1, 0.15) is 11.6 Å². The zero-order chi connectivity index (χ0) is 15.4. The molecule has 0 saturated carbocycles. The highest BCUT2D eigenvalue weighted by Gasteiger charge is 2.16. The minimum absolute atomic E-state index is 0.137. The Kier molecular flexibility index (Phi) is 5.20. The molecule has 0 aliphatic heterocycles. The van der Waals surface area contributed by atoms with Crippen molar-refractivity contribution in [2.24, 2.45) is 0 Å². The molecule has 2 rings (SSSR count). The molecular formula is C15H12BrClFNO2. The molecule has 0 bridgehead atoms. The predicted molar refractivity (Wildman–Crippen MR) is 84.3 cm³/mol. The Labute approximate surface area is 135 Å². The Balaban J connectivity index is 2.02. The lowest BCUT2D eigenvalue weighted by Gasteiger charge is -2.15. The summed E-state index contributed by atoms with van der Waals surface area (Å²) >= 11 is 9.18. The van der Waals surface area contributed by atoms with Gasteiger partial charge < -0.3 is 10.1 Å². The summed E-state index contributed by atoms with van der Waals surface area (Å²) in [6, 6.07) is 10.9. The summed E-state index contributed by atoms with van der Waals surface area (Å²) in [4.78, 5) is 12.0. The normalized spacial score (nSPS) is 11.8. The molecule has 2 aromatic carbocycles. The molecule has 21 heavy (non-hydrogen) atoms. The van der Waals surface area contributed by atoms with Crippen LogP contribution in [-0.4, -0.2) is 12.0 Å². The number of halogens is 3. The number of hydrogen-bond donors (Lipinski definition) is 1. The first-order valence-corrected chi connectivity index (χ1v) is 7.31. The third-order valence-corrected chi connectivity index (χ3v) is 3.47. The first-order chi connectivity index (χ1) is 9.95. The molecule has 0 aliphatic carbocycles. The Morgan fingerprint density at radius 1 is 1.33 bits per heavy atom. The first kappa shape index (κ1) is 15.8. The van der Waals surface area contributed by atoms with Gasteiger partial charge in [0.2, 0.25) is 0 Å². The Bertz CT molecular complexity index is 666. The van der Waals surface area contributed by atoms with Crippen LogP contribution in [0.4, 0.5) is 10.1 Å². The van der Waals surface area contributed by atoms with Gasteiger partial charge >= 0.3 is 0 Å². The van der Waals surface area contributed by atoms with E-state index in [-0.39, 0.29) is 10.9 Å². The van der Waals surface area contributed by atoms with Crippen LogP contribution in [0.2, 0.25) is 5.02 Å². The van der Waals surface area contributed by atoms with Crippen LogP contribution < -0.4 is 10.1 Å². The molecule has 0 saturated heterocycles. The van der Waals surface area contributed by atoms with E-state index in [1.165, 1.54) is 12.1 Å². The molecule has 6 heteroatoms. The minimum Gasteiger partial charge on any atom is -0.481 e. The molecule has 0 unspecified atom stereocenters. The van der Waals surface area contributed by atoms with Gasteiger partial charge in [0.05, 0.1) is 10.7 Å². The van der Waals surface area contributed by atoms with Crippen molar-refractivity contribution in [1.82, 2.24) is 0 Å². The summed E-state index contributed by atoms with van der Waals surface area (Å²) in [6.45, 7) is 1.62. The van der Waals surface area contributed by atoms with Crippen molar-refractivity contribution >= 4 is 39.1 Å². The van der Waals surface area contributed by atoms with Crippen molar-refractivity contribution in [2.45, 2.75) is 13.0 Å². The Morgan fingerprint density at radius 3 is 2.76 bits per heavy atom. The van der Waals surface area contributed by atoms with E-state index in [0.717, 1.165) is 10.5 Å². The molecule has 0 aromatic heterocycles. The summed E-state index contributed by atoms with van der Waals surface area (Å²) in [6.07, 6.45) is -0.722. The Morgan fingerprint density at radius 2 is 2.10 bits per heavy atom. The number of benzene rings is 2. The highest BCUT2D eigenvalue weighted by atomic mass is 79.9. The largest absolute Gasteiger partial charge is 0.481 e. The highest BCUT2D eigenvalue weighted by Crippen LogP contribution is 2.23. The van der Waals surface area contributed by atoms with Crippen LogP contribution in [0.15, 0.2) is 46.9 Å². The van der Waals surface area contributed by atoms with Crippen molar-refractivity contribution in [2.75, 3.05) is 5.32 Å². The second-order valence-electron chi connectivity index (χ2n) is 4.33. The summed E-state index contributed by atoms with van der Waals surface area (Å²) in [5.74, 6) is -0.267. The number of ether oxygens (including phenoxy) is 1. The number of anilines is 1. The van der Waals surface area contributed by atoms with Crippen LogP contribution in [0.3, 0.4) is 0 Å². The maximum atomic E-state index is 12.9. The molecule has 0 heterocycles. The van der Waals surface area contributed by atoms with Crippen molar-refractivity contribution in [3.05, 3.63) is 57.8 Å². The molecule has 110 valence electrons. The fourth-order valence-corrected chi connectivity index (χ4v) is 2.22. The van der Waals surface area contributed by atoms with E-state index in [4.69, 9.17) is 16.3 Å². The molecule has 1 amide bonds. The number of nitrogens with one attached hydrogen (secondary N) is 1. The summed E-state index contributed by atoms with van der Waals surface area (Å²) in [5, 5.41) is 2.73. The first-order valence-electron chi connectivity index (χ1n) is 6.14. The van der Waals surface area contributed by atoms with Gasteiger partial charge in [0.15, 0.2) is 6.10 Å². The number of amides is 1. The van der Waals surface area contributed by atoms with E-state index in [9.17, 15) is 9.18 Å². The lowest BCUT2D eigenvalue weighted by Crippen LogP contribution is -2.30. The summed E-state index contributed by atoms with van der Waals surface area (Å²) < 4.78 is 19.3. The average molecular weight is 373 g/mol. The van der Waals surface area contributed by atoms with Crippen molar-refractivity contribution in [3.8, 4) is 5.75 Å². The van der Waals surface area contributed by atoms with Crippen LogP contribution in [0.1, 0.15) is 6.92 Å². The predicted octanol–water partition coefficient (Wildman–Crippen LogP) is 4.65. The van der Waals surface area contributed by atoms with Crippen LogP contribution in [0.25, 0.3) is 0 Å². The van der Waals surface area contributed by atoms with Crippen molar-refractivity contribution < 1.29 is 13.9 Å². The third-order valence-electron chi connectivity index (χ3n) is 2.67. The van der Waals surface area contributed by atoms with E-state index in [2.05, 4.69) is 21.2 Å². The number of carbonyl (C=O) groups is 1. The average Bonchev–Trinajstić information content (AvgIpc) is 2.41. The molecule has 1 N–H and O–H groups in total. The van der Waals surface area contributed by atoms with Gasteiger partial charge in [0.25, 0.3) is 5.91 Å². The monoisotopic (exact) mass is 371 g/mol. The zero-order valence-corrected chi connectivity index (χ0v) is 13.4. The smallest absolute Gasteiger partial charge is 0.265 e. The van der Waals surface area contributed by atoms with Gasteiger partial charge in [-0.3, -0.25) is 4.79 Å². The van der Waals surface area contributed by atoms with Crippen LogP contribution >= 0.6 is 27.5 Å². The maximum absolute atomic E-state index is 12.9. The van der Waals surface area contributed by atoms with Gasteiger partial charge in [0, 0.05) is 4.47 Å². The Hall–Kier alpha value is -1.59. The van der Waals surface area contributed by atoms with Crippen LogP contribution in [-0.2, 0) is 4.79 Å². The molecule has 2 aromatic rings. The molecule has 0 radical (unpaired) electrons. The van der Waals surface area contributed by atoms with E-state index in [0.29, 0.717) is 11.4 Å². The molecule has 0 fully saturated rings. The van der Waals surface area contributed by atoms with E-state index < -0.39 is 11.9 Å². The van der Waals surface area contributed by atoms with Gasteiger partial charge in [-0.15, -0.1) is 0 Å². The SMILES string of the molecule is C[C@@H](Oc1cccc(Br)c1)C(=O)Nc1ccc(F)cc1Cl. The third kappa shape index (κ3) is 4.44. The van der Waals surface area contributed by atoms with Crippen LogP contribution in [0, 0.1) is 5.82 Å². The molecule has 0 aliphatic rings. The lowest BCUT2D eigenvalue weighted by atomic mass is 10.3. The zero-order valence-electron chi connectivity index (χ0n) is 11.1. The second kappa shape index (κ2) is 6.91. The van der Waals surface area contributed by atoms with E-state index >= 15 is 0 Å². The van der Waals surface area contributed by atoms with Crippen LogP contribution in [0.5, 0.6) is 5.75 Å². The van der Waals surface area contributed by atoms with Gasteiger partial charge in [-0.2, -0.15) is 0 Å². The summed E-state index contributed by atoms with van der Waals surface area (Å²) in [7, 11) is 0. The highest BCUT2D eigenvalue weighted by molar-refractivity contribution is 9.10. The number of carbonyl (C=O) groups excluding carboxylic acids is 1. The van der Waals surface area contributed by atoms with Gasteiger partial charge in [-0.25, -0.2) is 4.39 Å². The van der Waals surface area contributed by atoms with Gasteiger partial charge in [-0.1, -0.05) is 33.6 Å². The molecule has 0 spiro atoms. The number of rotatable bonds is 4. The van der Waals surface area contributed by atoms with Gasteiger partial charge in [-0.05, 0) is 43.3 Å². The topological polar surface area (TPSA) is 38.3 Å². The quantitative estimate of drug-likeness (QED) is 0.848. The van der Waals surface area contributed by atoms with Crippen molar-refractivity contribution in [3.63, 3.8) is 0 Å². The molecular weight excluding hydrogens is 361 g/mol. The number of hydrogen-bond acceptors (Lipinski definition) is 2. The fourth-order valence-electron chi connectivity index (χ4n) is 1.62. The lowest BCUT2D eigenvalue weighted by molar-refractivity contribution is -0.122. The molecule has 3 nitrogen and oxygen atoms in total. The standard InChI is InChI=1S/C15H12BrClFNO2/c1-9(21-12-4-2-3-10(16)7-12)15(20)19-14-6-5-11(18)8-13(14)17/h2-9H,1H3,(H,19,20)/t9-/m1/s1.